The zero-order chi connectivity index (χ0) is 32.4. The van der Waals surface area contributed by atoms with E-state index in [1.54, 1.807) is 0 Å². The van der Waals surface area contributed by atoms with Gasteiger partial charge in [0.05, 0.1) is 0 Å². The van der Waals surface area contributed by atoms with E-state index in [0.717, 1.165) is 11.4 Å². The Labute approximate surface area is 282 Å². The minimum atomic E-state index is 1.16. The van der Waals surface area contributed by atoms with E-state index in [0.29, 0.717) is 0 Å². The van der Waals surface area contributed by atoms with Crippen molar-refractivity contribution in [2.45, 2.75) is 20.8 Å². The van der Waals surface area contributed by atoms with E-state index in [9.17, 15) is 0 Å². The van der Waals surface area contributed by atoms with Gasteiger partial charge in [0.25, 0.3) is 0 Å². The van der Waals surface area contributed by atoms with Crippen molar-refractivity contribution in [3.05, 3.63) is 174 Å². The van der Waals surface area contributed by atoms with Crippen LogP contribution >= 0.6 is 0 Å². The second-order valence-corrected chi connectivity index (χ2v) is 13.2. The van der Waals surface area contributed by atoms with Crippen molar-refractivity contribution in [1.29, 1.82) is 0 Å². The summed E-state index contributed by atoms with van der Waals surface area (Å²) in [6.45, 7) is 6.52. The molecule has 0 radical (unpaired) electrons. The lowest BCUT2D eigenvalue weighted by atomic mass is 9.70. The van der Waals surface area contributed by atoms with Crippen molar-refractivity contribution in [3.63, 3.8) is 0 Å². The van der Waals surface area contributed by atoms with E-state index in [2.05, 4.69) is 183 Å². The third-order valence-corrected chi connectivity index (χ3v) is 9.98. The number of hydrogen-bond acceptors (Lipinski definition) is 1. The molecule has 0 spiro atoms. The van der Waals surface area contributed by atoms with Gasteiger partial charge in [0.2, 0.25) is 0 Å². The fourth-order valence-corrected chi connectivity index (χ4v) is 7.74. The van der Waals surface area contributed by atoms with Crippen LogP contribution in [0.1, 0.15) is 16.7 Å². The summed E-state index contributed by atoms with van der Waals surface area (Å²) < 4.78 is 0. The van der Waals surface area contributed by atoms with Gasteiger partial charge in [-0.25, -0.2) is 0 Å². The molecule has 8 aromatic rings. The molecule has 0 fully saturated rings. The lowest BCUT2D eigenvalue weighted by molar-refractivity contribution is 1.24. The molecule has 1 aliphatic carbocycles. The smallest absolute Gasteiger partial charge is 0.0490 e. The Morgan fingerprint density at radius 3 is 1.48 bits per heavy atom. The zero-order valence-corrected chi connectivity index (χ0v) is 27.5. The van der Waals surface area contributed by atoms with Gasteiger partial charge in [-0.15, -0.1) is 0 Å². The van der Waals surface area contributed by atoms with Gasteiger partial charge in [-0.1, -0.05) is 126 Å². The Morgan fingerprint density at radius 1 is 0.375 bits per heavy atom. The second kappa shape index (κ2) is 11.1. The number of hydrogen-bond donors (Lipinski definition) is 0. The number of anilines is 3. The molecule has 48 heavy (non-hydrogen) atoms. The monoisotopic (exact) mass is 613 g/mol. The van der Waals surface area contributed by atoms with Crippen molar-refractivity contribution in [3.8, 4) is 44.5 Å². The minimum Gasteiger partial charge on any atom is -0.310 e. The molecule has 0 aromatic heterocycles. The molecule has 1 nitrogen and oxygen atoms in total. The summed E-state index contributed by atoms with van der Waals surface area (Å²) in [4.78, 5) is 2.40. The summed E-state index contributed by atoms with van der Waals surface area (Å²) in [6, 6.07) is 58.2. The normalized spacial score (nSPS) is 11.6. The molecular weight excluding hydrogens is 579 g/mol. The number of aryl methyl sites for hydroxylation is 3. The number of benzene rings is 8. The van der Waals surface area contributed by atoms with Crippen LogP contribution in [0.15, 0.2) is 158 Å². The Hall–Kier alpha value is -5.92. The van der Waals surface area contributed by atoms with Crippen LogP contribution in [0.4, 0.5) is 17.1 Å². The van der Waals surface area contributed by atoms with E-state index in [-0.39, 0.29) is 0 Å². The molecule has 1 aliphatic rings. The SMILES string of the molecule is Cc1ccc(N(c2ccc3cc4c(cc3c2)-c2c-4c(-c3ccccc3)c3ccccc3c2-c2ccccc2)c2ccc(C)cc2C)cc1. The van der Waals surface area contributed by atoms with E-state index in [1.165, 1.54) is 88.4 Å². The summed E-state index contributed by atoms with van der Waals surface area (Å²) >= 11 is 0. The van der Waals surface area contributed by atoms with Gasteiger partial charge in [-0.3, -0.25) is 0 Å². The molecule has 0 N–H and O–H groups in total. The van der Waals surface area contributed by atoms with Crippen LogP contribution in [-0.2, 0) is 0 Å². The average molecular weight is 614 g/mol. The number of nitrogens with zero attached hydrogens (tertiary/aromatic N) is 1. The van der Waals surface area contributed by atoms with Crippen molar-refractivity contribution >= 4 is 38.6 Å². The standard InChI is InChI=1S/C47H35N/c1-30-18-22-37(23-19-30)48(43-25-20-31(2)26-32(43)3)38-24-21-35-28-41-42(29-36(35)27-38)47-45(34-14-8-5-9-15-34)40-17-11-10-16-39(40)44(46(41)47)33-12-6-4-7-13-33/h4-29H,1-3H3. The van der Waals surface area contributed by atoms with Gasteiger partial charge in [0.15, 0.2) is 0 Å². The summed E-state index contributed by atoms with van der Waals surface area (Å²) in [6.07, 6.45) is 0. The van der Waals surface area contributed by atoms with Crippen LogP contribution in [0, 0.1) is 20.8 Å². The highest BCUT2D eigenvalue weighted by Gasteiger charge is 2.32. The van der Waals surface area contributed by atoms with Crippen LogP contribution in [0.3, 0.4) is 0 Å². The first-order valence-electron chi connectivity index (χ1n) is 16.8. The van der Waals surface area contributed by atoms with Crippen molar-refractivity contribution in [2.24, 2.45) is 0 Å². The molecular formula is C47H35N. The summed E-state index contributed by atoms with van der Waals surface area (Å²) in [5.41, 5.74) is 17.8. The van der Waals surface area contributed by atoms with Gasteiger partial charge in [0, 0.05) is 17.1 Å². The zero-order valence-electron chi connectivity index (χ0n) is 27.5. The molecule has 0 unspecified atom stereocenters. The van der Waals surface area contributed by atoms with Crippen molar-refractivity contribution in [1.82, 2.24) is 0 Å². The molecule has 0 atom stereocenters. The molecule has 0 bridgehead atoms. The maximum absolute atomic E-state index is 2.43. The average Bonchev–Trinajstić information content (AvgIpc) is 3.12. The first-order valence-corrected chi connectivity index (χ1v) is 16.8. The predicted molar refractivity (Wildman–Crippen MR) is 206 cm³/mol. The molecule has 228 valence electrons. The van der Waals surface area contributed by atoms with Gasteiger partial charge in [-0.05, 0) is 135 Å². The molecule has 0 heterocycles. The topological polar surface area (TPSA) is 3.24 Å². The van der Waals surface area contributed by atoms with Crippen LogP contribution in [0.25, 0.3) is 66.1 Å². The predicted octanol–water partition coefficient (Wildman–Crippen LogP) is 13.4. The molecule has 9 rings (SSSR count). The lowest BCUT2D eigenvalue weighted by Crippen LogP contribution is -2.11. The van der Waals surface area contributed by atoms with Crippen molar-refractivity contribution < 1.29 is 0 Å². The minimum absolute atomic E-state index is 1.16. The molecule has 0 amide bonds. The molecule has 0 aliphatic heterocycles. The fourth-order valence-electron chi connectivity index (χ4n) is 7.74. The summed E-state index contributed by atoms with van der Waals surface area (Å²) in [5.74, 6) is 0. The first kappa shape index (κ1) is 28.3. The van der Waals surface area contributed by atoms with Crippen LogP contribution < -0.4 is 4.90 Å². The Kier molecular flexibility index (Phi) is 6.55. The summed E-state index contributed by atoms with van der Waals surface area (Å²) in [7, 11) is 0. The third kappa shape index (κ3) is 4.47. The lowest BCUT2D eigenvalue weighted by Gasteiger charge is -2.33. The Balaban J connectivity index is 1.29. The van der Waals surface area contributed by atoms with Crippen molar-refractivity contribution in [2.75, 3.05) is 4.90 Å². The van der Waals surface area contributed by atoms with Gasteiger partial charge in [-0.2, -0.15) is 0 Å². The number of fused-ring (bicyclic) bond motifs is 6. The van der Waals surface area contributed by atoms with Gasteiger partial charge < -0.3 is 4.90 Å². The van der Waals surface area contributed by atoms with Crippen LogP contribution in [0.2, 0.25) is 0 Å². The Morgan fingerprint density at radius 2 is 0.896 bits per heavy atom. The largest absolute Gasteiger partial charge is 0.310 e. The molecule has 0 saturated carbocycles. The highest BCUT2D eigenvalue weighted by atomic mass is 15.1. The van der Waals surface area contributed by atoms with Crippen LogP contribution in [-0.4, -0.2) is 0 Å². The molecule has 1 heteroatoms. The highest BCUT2D eigenvalue weighted by Crippen LogP contribution is 2.59. The number of rotatable bonds is 5. The Bertz CT molecular complexity index is 2510. The van der Waals surface area contributed by atoms with E-state index in [4.69, 9.17) is 0 Å². The maximum atomic E-state index is 2.43. The molecule has 0 saturated heterocycles. The molecule has 8 aromatic carbocycles. The second-order valence-electron chi connectivity index (χ2n) is 13.2. The third-order valence-electron chi connectivity index (χ3n) is 9.98. The van der Waals surface area contributed by atoms with Crippen LogP contribution in [0.5, 0.6) is 0 Å². The first-order chi connectivity index (χ1) is 23.5. The quantitative estimate of drug-likeness (QED) is 0.187. The van der Waals surface area contributed by atoms with E-state index < -0.39 is 0 Å². The van der Waals surface area contributed by atoms with E-state index >= 15 is 0 Å². The van der Waals surface area contributed by atoms with Gasteiger partial charge >= 0.3 is 0 Å². The summed E-state index contributed by atoms with van der Waals surface area (Å²) in [5, 5.41) is 5.08. The maximum Gasteiger partial charge on any atom is 0.0490 e. The highest BCUT2D eigenvalue weighted by molar-refractivity contribution is 6.26. The van der Waals surface area contributed by atoms with Gasteiger partial charge in [0.1, 0.15) is 0 Å². The fraction of sp³-hybridized carbons (Fsp3) is 0.0638. The van der Waals surface area contributed by atoms with E-state index in [1.807, 2.05) is 0 Å².